The summed E-state index contributed by atoms with van der Waals surface area (Å²) in [5.41, 5.74) is 0.601. The number of ether oxygens (including phenoxy) is 2. The summed E-state index contributed by atoms with van der Waals surface area (Å²) in [5, 5.41) is 8.22. The average Bonchev–Trinajstić information content (AvgIpc) is 2.78. The molecule has 1 saturated heterocycles. The fraction of sp³-hybridized carbons (Fsp3) is 0.524. The molecule has 0 bridgehead atoms. The van der Waals surface area contributed by atoms with Crippen molar-refractivity contribution < 1.29 is 14.3 Å². The van der Waals surface area contributed by atoms with Gasteiger partial charge in [0.1, 0.15) is 5.69 Å². The van der Waals surface area contributed by atoms with Crippen LogP contribution in [0.25, 0.3) is 11.4 Å². The van der Waals surface area contributed by atoms with Crippen molar-refractivity contribution in [3.63, 3.8) is 0 Å². The van der Waals surface area contributed by atoms with Gasteiger partial charge >= 0.3 is 0 Å². The van der Waals surface area contributed by atoms with E-state index < -0.39 is 0 Å². The number of rotatable bonds is 8. The van der Waals surface area contributed by atoms with E-state index in [1.165, 1.54) is 0 Å². The molecule has 0 spiro atoms. The van der Waals surface area contributed by atoms with Gasteiger partial charge in [-0.3, -0.25) is 9.59 Å². The molecule has 0 radical (unpaired) electrons. The topological polar surface area (TPSA) is 97.4 Å². The third-order valence-corrected chi connectivity index (χ3v) is 5.99. The third-order valence-electron chi connectivity index (χ3n) is 5.04. The number of methoxy groups -OCH3 is 1. The number of aromatic amines is 1. The van der Waals surface area contributed by atoms with E-state index in [1.54, 1.807) is 25.3 Å². The second kappa shape index (κ2) is 10.5. The quantitative estimate of drug-likeness (QED) is 0.684. The van der Waals surface area contributed by atoms with E-state index >= 15 is 0 Å². The van der Waals surface area contributed by atoms with Gasteiger partial charge in [0.2, 0.25) is 5.91 Å². The molecule has 30 heavy (non-hydrogen) atoms. The Kier molecular flexibility index (Phi) is 7.73. The summed E-state index contributed by atoms with van der Waals surface area (Å²) in [4.78, 5) is 29.4. The minimum Gasteiger partial charge on any atom is -0.493 e. The fourth-order valence-corrected chi connectivity index (χ4v) is 3.97. The number of thioether (sulfide) groups is 1. The second-order valence-electron chi connectivity index (χ2n) is 7.14. The molecular weight excluding hydrogens is 404 g/mol. The number of nitrogens with zero attached hydrogens (tertiary/aromatic N) is 3. The van der Waals surface area contributed by atoms with Crippen LogP contribution in [0.1, 0.15) is 32.4 Å². The van der Waals surface area contributed by atoms with Crippen LogP contribution in [0.5, 0.6) is 11.5 Å². The van der Waals surface area contributed by atoms with E-state index in [0.717, 1.165) is 31.0 Å². The van der Waals surface area contributed by atoms with Gasteiger partial charge in [-0.1, -0.05) is 6.92 Å². The SMILES string of the molecule is CC[C@@H](C)Oc1ccc(-c2nnc(CCC(=O)N3CCSCC3)c(=O)[nH]2)cc1OC. The van der Waals surface area contributed by atoms with Gasteiger partial charge in [-0.15, -0.1) is 10.2 Å². The van der Waals surface area contributed by atoms with Gasteiger partial charge in [-0.2, -0.15) is 11.8 Å². The zero-order valence-corrected chi connectivity index (χ0v) is 18.5. The molecule has 1 fully saturated rings. The highest BCUT2D eigenvalue weighted by molar-refractivity contribution is 7.99. The molecule has 1 amide bonds. The summed E-state index contributed by atoms with van der Waals surface area (Å²) < 4.78 is 11.3. The minimum atomic E-state index is -0.333. The van der Waals surface area contributed by atoms with Gasteiger partial charge in [0.05, 0.1) is 13.2 Å². The lowest BCUT2D eigenvalue weighted by atomic mass is 10.2. The average molecular weight is 433 g/mol. The number of hydrogen-bond acceptors (Lipinski definition) is 7. The van der Waals surface area contributed by atoms with E-state index in [-0.39, 0.29) is 36.1 Å². The first-order valence-electron chi connectivity index (χ1n) is 10.2. The Morgan fingerprint density at radius 3 is 2.70 bits per heavy atom. The van der Waals surface area contributed by atoms with Crippen molar-refractivity contribution in [1.29, 1.82) is 0 Å². The first-order valence-corrected chi connectivity index (χ1v) is 11.3. The van der Waals surface area contributed by atoms with Crippen LogP contribution >= 0.6 is 11.8 Å². The lowest BCUT2D eigenvalue weighted by molar-refractivity contribution is -0.130. The van der Waals surface area contributed by atoms with Crippen molar-refractivity contribution in [2.45, 2.75) is 39.2 Å². The van der Waals surface area contributed by atoms with Crippen LogP contribution in [0.2, 0.25) is 0 Å². The van der Waals surface area contributed by atoms with Crippen LogP contribution in [0.3, 0.4) is 0 Å². The Labute approximate surface area is 180 Å². The molecule has 1 aromatic heterocycles. The third kappa shape index (κ3) is 5.53. The number of carbonyl (C=O) groups excluding carboxylic acids is 1. The number of benzene rings is 1. The first kappa shape index (κ1) is 22.1. The zero-order chi connectivity index (χ0) is 21.5. The Morgan fingerprint density at radius 1 is 1.27 bits per heavy atom. The van der Waals surface area contributed by atoms with E-state index in [4.69, 9.17) is 9.47 Å². The summed E-state index contributed by atoms with van der Waals surface area (Å²) in [5.74, 6) is 3.53. The van der Waals surface area contributed by atoms with Gasteiger partial charge in [0.25, 0.3) is 5.56 Å². The summed E-state index contributed by atoms with van der Waals surface area (Å²) in [6, 6.07) is 5.36. The standard InChI is InChI=1S/C21H28N4O4S/c1-4-14(2)29-17-7-5-15(13-18(17)28-3)20-22-21(27)16(23-24-20)6-8-19(26)25-9-11-30-12-10-25/h5,7,13-14H,4,6,8-12H2,1-3H3,(H,22,24,27)/t14-/m1/s1. The fourth-order valence-electron chi connectivity index (χ4n) is 3.06. The molecule has 3 rings (SSSR count). The maximum atomic E-state index is 12.5. The van der Waals surface area contributed by atoms with Gasteiger partial charge in [-0.25, -0.2) is 0 Å². The molecule has 2 aromatic rings. The number of aromatic nitrogens is 3. The van der Waals surface area contributed by atoms with Crippen molar-refractivity contribution in [3.05, 3.63) is 34.2 Å². The number of amides is 1. The molecular formula is C21H28N4O4S. The Hall–Kier alpha value is -2.55. The summed E-state index contributed by atoms with van der Waals surface area (Å²) in [7, 11) is 1.57. The maximum Gasteiger partial charge on any atom is 0.273 e. The molecule has 1 atom stereocenters. The van der Waals surface area contributed by atoms with E-state index in [1.807, 2.05) is 30.5 Å². The lowest BCUT2D eigenvalue weighted by Crippen LogP contribution is -2.38. The van der Waals surface area contributed by atoms with Gasteiger partial charge in [-0.05, 0) is 31.5 Å². The molecule has 2 heterocycles. The second-order valence-corrected chi connectivity index (χ2v) is 8.37. The van der Waals surface area contributed by atoms with Crippen molar-refractivity contribution in [1.82, 2.24) is 20.1 Å². The maximum absolute atomic E-state index is 12.5. The summed E-state index contributed by atoms with van der Waals surface area (Å²) in [6.07, 6.45) is 1.48. The number of hydrogen-bond donors (Lipinski definition) is 1. The Bertz CT molecular complexity index is 927. The van der Waals surface area contributed by atoms with Gasteiger partial charge < -0.3 is 19.4 Å². The van der Waals surface area contributed by atoms with E-state index in [9.17, 15) is 9.59 Å². The Morgan fingerprint density at radius 2 is 2.03 bits per heavy atom. The van der Waals surface area contributed by atoms with Crippen molar-refractivity contribution in [3.8, 4) is 22.9 Å². The molecule has 0 aliphatic carbocycles. The van der Waals surface area contributed by atoms with Crippen molar-refractivity contribution >= 4 is 17.7 Å². The normalized spacial score (nSPS) is 15.0. The molecule has 1 N–H and O–H groups in total. The van der Waals surface area contributed by atoms with Crippen molar-refractivity contribution in [2.75, 3.05) is 31.7 Å². The Balaban J connectivity index is 1.70. The smallest absolute Gasteiger partial charge is 0.273 e. The highest BCUT2D eigenvalue weighted by atomic mass is 32.2. The van der Waals surface area contributed by atoms with Crippen LogP contribution in [0.4, 0.5) is 0 Å². The number of aryl methyl sites for hydroxylation is 1. The molecule has 162 valence electrons. The number of H-pyrrole nitrogens is 1. The molecule has 1 aliphatic rings. The van der Waals surface area contributed by atoms with E-state index in [2.05, 4.69) is 15.2 Å². The molecule has 0 unspecified atom stereocenters. The highest BCUT2D eigenvalue weighted by Crippen LogP contribution is 2.32. The van der Waals surface area contributed by atoms with Crippen LogP contribution in [-0.2, 0) is 11.2 Å². The number of carbonyl (C=O) groups is 1. The molecule has 1 aliphatic heterocycles. The predicted octanol–water partition coefficient (Wildman–Crippen LogP) is 2.53. The monoisotopic (exact) mass is 432 g/mol. The molecule has 8 nitrogen and oxygen atoms in total. The van der Waals surface area contributed by atoms with Gasteiger partial charge in [0.15, 0.2) is 17.3 Å². The van der Waals surface area contributed by atoms with E-state index in [0.29, 0.717) is 22.9 Å². The molecule has 9 heteroatoms. The minimum absolute atomic E-state index is 0.0576. The van der Waals surface area contributed by atoms with Crippen LogP contribution in [0, 0.1) is 0 Å². The number of nitrogens with one attached hydrogen (secondary N) is 1. The molecule has 0 saturated carbocycles. The molecule has 1 aromatic carbocycles. The van der Waals surface area contributed by atoms with Crippen molar-refractivity contribution in [2.24, 2.45) is 0 Å². The summed E-state index contributed by atoms with van der Waals surface area (Å²) >= 11 is 1.85. The lowest BCUT2D eigenvalue weighted by Gasteiger charge is -2.26. The van der Waals surface area contributed by atoms with Crippen LogP contribution in [0.15, 0.2) is 23.0 Å². The van der Waals surface area contributed by atoms with Crippen LogP contribution in [-0.4, -0.2) is 63.8 Å². The van der Waals surface area contributed by atoms with Crippen LogP contribution < -0.4 is 15.0 Å². The highest BCUT2D eigenvalue weighted by Gasteiger charge is 2.18. The van der Waals surface area contributed by atoms with Gasteiger partial charge in [0, 0.05) is 43.0 Å². The largest absolute Gasteiger partial charge is 0.493 e. The zero-order valence-electron chi connectivity index (χ0n) is 17.6. The summed E-state index contributed by atoms with van der Waals surface area (Å²) in [6.45, 7) is 5.57. The first-order chi connectivity index (χ1) is 14.5. The predicted molar refractivity (Wildman–Crippen MR) is 117 cm³/mol.